The van der Waals surface area contributed by atoms with Crippen LogP contribution in [0.5, 0.6) is 0 Å². The minimum absolute atomic E-state index is 0.637. The Morgan fingerprint density at radius 3 is 1.39 bits per heavy atom. The maximum atomic E-state index is 12.4. The van der Waals surface area contributed by atoms with Crippen LogP contribution in [0.15, 0.2) is 12.4 Å². The minimum atomic E-state index is 0.637. The van der Waals surface area contributed by atoms with Gasteiger partial charge in [0.25, 0.3) is 0 Å². The van der Waals surface area contributed by atoms with Gasteiger partial charge in [-0.05, 0) is 173 Å². The van der Waals surface area contributed by atoms with Crippen molar-refractivity contribution < 1.29 is 4.39 Å². The fraction of sp³-hybridized carbons (Fsp3) is 0.500. The minimum Gasteiger partial charge on any atom is -0.216 e. The normalized spacial score (nSPS) is 19.2. The van der Waals surface area contributed by atoms with Crippen molar-refractivity contribution in [3.05, 3.63) is 79.2 Å². The number of halogens is 1. The van der Waals surface area contributed by atoms with E-state index in [1.165, 1.54) is 86.9 Å². The zero-order valence-corrected chi connectivity index (χ0v) is 22.4. The number of allylic oxidation sites excluding steroid dienone is 1. The quantitative estimate of drug-likeness (QED) is 0.401. The molecule has 1 aliphatic rings. The average Bonchev–Trinajstić information content (AvgIpc) is 2.81. The Hall–Kier alpha value is -2.15. The zero-order chi connectivity index (χ0) is 24.4. The molecule has 0 atom stereocenters. The van der Waals surface area contributed by atoms with E-state index < -0.39 is 0 Å². The van der Waals surface area contributed by atoms with Gasteiger partial charge in [-0.3, -0.25) is 0 Å². The van der Waals surface area contributed by atoms with Crippen molar-refractivity contribution in [1.29, 1.82) is 0 Å². The molecule has 0 heterocycles. The molecule has 1 fully saturated rings. The van der Waals surface area contributed by atoms with Gasteiger partial charge in [-0.25, -0.2) is 4.39 Å². The van der Waals surface area contributed by atoms with E-state index in [2.05, 4.69) is 74.5 Å². The Bertz CT molecular complexity index is 1030. The van der Waals surface area contributed by atoms with Crippen LogP contribution in [0.3, 0.4) is 0 Å². The molecule has 0 aromatic heterocycles. The molecule has 0 unspecified atom stereocenters. The summed E-state index contributed by atoms with van der Waals surface area (Å²) in [6, 6.07) is 0. The zero-order valence-electron chi connectivity index (χ0n) is 22.4. The number of benzene rings is 2. The van der Waals surface area contributed by atoms with Gasteiger partial charge in [-0.15, -0.1) is 0 Å². The fourth-order valence-electron chi connectivity index (χ4n) is 6.11. The number of rotatable bonds is 5. The van der Waals surface area contributed by atoms with Gasteiger partial charge >= 0.3 is 0 Å². The van der Waals surface area contributed by atoms with E-state index in [1.807, 2.05) is 0 Å². The molecule has 1 aliphatic carbocycles. The van der Waals surface area contributed by atoms with Gasteiger partial charge in [0, 0.05) is 0 Å². The molecule has 178 valence electrons. The molecule has 0 N–H and O–H groups in total. The van der Waals surface area contributed by atoms with Crippen molar-refractivity contribution in [2.75, 3.05) is 0 Å². The molecule has 0 spiro atoms. The summed E-state index contributed by atoms with van der Waals surface area (Å²) in [6.45, 7) is 20.5. The van der Waals surface area contributed by atoms with Crippen LogP contribution in [0, 0.1) is 68.2 Å². The van der Waals surface area contributed by atoms with Gasteiger partial charge in [0.1, 0.15) is 0 Å². The van der Waals surface area contributed by atoms with Gasteiger partial charge in [0.05, 0.1) is 6.33 Å². The molecule has 0 amide bonds. The van der Waals surface area contributed by atoms with Crippen molar-refractivity contribution in [3.8, 4) is 0 Å². The second kappa shape index (κ2) is 10.4. The molecule has 2 aromatic rings. The third kappa shape index (κ3) is 4.88. The predicted octanol–water partition coefficient (Wildman–Crippen LogP) is 9.78. The van der Waals surface area contributed by atoms with Crippen LogP contribution in [0.2, 0.25) is 0 Å². The van der Waals surface area contributed by atoms with Crippen LogP contribution in [-0.4, -0.2) is 0 Å². The standard InChI is InChI=1S/C32H43F/c1-19-20(2)22(4)30(23(5)21(19)3)16-17-31-24(6)26(8)32(27(9)25(31)7)29-14-12-28(13-15-29)11-10-18-33/h10,16-18,28-29H,11-15H2,1-9H3/b17-16?,18-10+. The SMILES string of the molecule is Cc1c(C)c(C)c(C=Cc2c(C)c(C)c(C3CCC(C/C=C/F)CC3)c(C)c2C)c(C)c1C. The monoisotopic (exact) mass is 446 g/mol. The van der Waals surface area contributed by atoms with E-state index in [-0.39, 0.29) is 0 Å². The number of hydrogen-bond acceptors (Lipinski definition) is 0. The Morgan fingerprint density at radius 2 is 0.970 bits per heavy atom. The molecular formula is C32H43F. The first-order chi connectivity index (χ1) is 15.6. The van der Waals surface area contributed by atoms with Gasteiger partial charge < -0.3 is 0 Å². The molecule has 0 bridgehead atoms. The highest BCUT2D eigenvalue weighted by Gasteiger charge is 2.26. The number of hydrogen-bond donors (Lipinski definition) is 0. The highest BCUT2D eigenvalue weighted by Crippen LogP contribution is 2.42. The summed E-state index contributed by atoms with van der Waals surface area (Å²) < 4.78 is 12.4. The van der Waals surface area contributed by atoms with E-state index in [1.54, 1.807) is 11.6 Å². The van der Waals surface area contributed by atoms with Gasteiger partial charge in [0.2, 0.25) is 0 Å². The molecular weight excluding hydrogens is 403 g/mol. The van der Waals surface area contributed by atoms with E-state index in [9.17, 15) is 4.39 Å². The van der Waals surface area contributed by atoms with Crippen LogP contribution < -0.4 is 0 Å². The van der Waals surface area contributed by atoms with Crippen molar-refractivity contribution in [3.63, 3.8) is 0 Å². The van der Waals surface area contributed by atoms with Crippen LogP contribution in [0.1, 0.15) is 105 Å². The maximum absolute atomic E-state index is 12.4. The van der Waals surface area contributed by atoms with E-state index in [4.69, 9.17) is 0 Å². The molecule has 0 radical (unpaired) electrons. The summed E-state index contributed by atoms with van der Waals surface area (Å²) in [6.07, 6.45) is 12.9. The Morgan fingerprint density at radius 1 is 0.576 bits per heavy atom. The fourth-order valence-corrected chi connectivity index (χ4v) is 6.11. The van der Waals surface area contributed by atoms with Crippen LogP contribution in [-0.2, 0) is 0 Å². The lowest BCUT2D eigenvalue weighted by Crippen LogP contribution is -2.16. The lowest BCUT2D eigenvalue weighted by molar-refractivity contribution is 0.326. The first-order valence-corrected chi connectivity index (χ1v) is 12.7. The van der Waals surface area contributed by atoms with Gasteiger partial charge in [-0.1, -0.05) is 18.2 Å². The molecule has 0 saturated heterocycles. The summed E-state index contributed by atoms with van der Waals surface area (Å²) in [5.41, 5.74) is 17.1. The summed E-state index contributed by atoms with van der Waals surface area (Å²) in [4.78, 5) is 0. The lowest BCUT2D eigenvalue weighted by atomic mass is 9.73. The Labute approximate surface area is 202 Å². The largest absolute Gasteiger partial charge is 0.216 e. The highest BCUT2D eigenvalue weighted by molar-refractivity contribution is 5.78. The first-order valence-electron chi connectivity index (χ1n) is 12.7. The molecule has 0 aliphatic heterocycles. The first kappa shape index (κ1) is 25.5. The second-order valence-corrected chi connectivity index (χ2v) is 10.5. The summed E-state index contributed by atoms with van der Waals surface area (Å²) in [7, 11) is 0. The van der Waals surface area contributed by atoms with Crippen molar-refractivity contribution in [1.82, 2.24) is 0 Å². The third-order valence-electron chi connectivity index (χ3n) is 9.03. The van der Waals surface area contributed by atoms with Gasteiger partial charge in [-0.2, -0.15) is 0 Å². The van der Waals surface area contributed by atoms with Crippen molar-refractivity contribution in [2.45, 2.75) is 100 Å². The predicted molar refractivity (Wildman–Crippen MR) is 144 cm³/mol. The lowest BCUT2D eigenvalue weighted by Gasteiger charge is -2.32. The van der Waals surface area contributed by atoms with Crippen LogP contribution >= 0.6 is 0 Å². The molecule has 2 aromatic carbocycles. The van der Waals surface area contributed by atoms with Crippen molar-refractivity contribution in [2.24, 2.45) is 5.92 Å². The molecule has 0 nitrogen and oxygen atoms in total. The van der Waals surface area contributed by atoms with Gasteiger partial charge in [0.15, 0.2) is 0 Å². The molecule has 1 saturated carbocycles. The average molecular weight is 447 g/mol. The topological polar surface area (TPSA) is 0 Å². The van der Waals surface area contributed by atoms with Crippen molar-refractivity contribution >= 4 is 12.2 Å². The Kier molecular flexibility index (Phi) is 8.04. The van der Waals surface area contributed by atoms with E-state index in [0.29, 0.717) is 18.2 Å². The summed E-state index contributed by atoms with van der Waals surface area (Å²) in [5.74, 6) is 1.28. The third-order valence-corrected chi connectivity index (χ3v) is 9.03. The molecule has 1 heteroatoms. The summed E-state index contributed by atoms with van der Waals surface area (Å²) in [5, 5.41) is 0. The highest BCUT2D eigenvalue weighted by atomic mass is 19.1. The van der Waals surface area contributed by atoms with Crippen LogP contribution in [0.25, 0.3) is 12.2 Å². The van der Waals surface area contributed by atoms with E-state index >= 15 is 0 Å². The maximum Gasteiger partial charge on any atom is 0.0827 e. The second-order valence-electron chi connectivity index (χ2n) is 10.5. The summed E-state index contributed by atoms with van der Waals surface area (Å²) >= 11 is 0. The van der Waals surface area contributed by atoms with E-state index in [0.717, 1.165) is 6.42 Å². The Balaban J connectivity index is 1.96. The smallest absolute Gasteiger partial charge is 0.0827 e. The van der Waals surface area contributed by atoms with Crippen LogP contribution in [0.4, 0.5) is 4.39 Å². The molecule has 3 rings (SSSR count). The molecule has 33 heavy (non-hydrogen) atoms.